The summed E-state index contributed by atoms with van der Waals surface area (Å²) in [7, 11) is 1.63. The van der Waals surface area contributed by atoms with Gasteiger partial charge in [-0.05, 0) is 31.0 Å². The molecule has 6 nitrogen and oxygen atoms in total. The lowest BCUT2D eigenvalue weighted by atomic mass is 10.1. The minimum Gasteiger partial charge on any atom is -0.389 e. The number of hydrogen-bond donors (Lipinski definition) is 3. The molecular weight excluding hydrogens is 272 g/mol. The third-order valence-electron chi connectivity index (χ3n) is 2.83. The molecule has 0 radical (unpaired) electrons. The van der Waals surface area contributed by atoms with Gasteiger partial charge < -0.3 is 25.2 Å². The van der Waals surface area contributed by atoms with Gasteiger partial charge in [0, 0.05) is 25.9 Å². The first-order valence-corrected chi connectivity index (χ1v) is 7.03. The van der Waals surface area contributed by atoms with Crippen LogP contribution in [-0.2, 0) is 9.47 Å². The van der Waals surface area contributed by atoms with Crippen molar-refractivity contribution in [2.24, 2.45) is 0 Å². The summed E-state index contributed by atoms with van der Waals surface area (Å²) < 4.78 is 10.1. The lowest BCUT2D eigenvalue weighted by Gasteiger charge is -2.09. The average molecular weight is 296 g/mol. The van der Waals surface area contributed by atoms with E-state index < -0.39 is 6.10 Å². The van der Waals surface area contributed by atoms with Crippen molar-refractivity contribution in [1.82, 2.24) is 5.32 Å². The third-order valence-corrected chi connectivity index (χ3v) is 2.83. The minimum absolute atomic E-state index is 0.253. The fourth-order valence-electron chi connectivity index (χ4n) is 1.64. The second kappa shape index (κ2) is 10.1. The first-order chi connectivity index (χ1) is 10.1. The molecule has 1 aromatic carbocycles. The molecule has 1 atom stereocenters. The number of urea groups is 1. The van der Waals surface area contributed by atoms with Crippen molar-refractivity contribution in [3.8, 4) is 0 Å². The Morgan fingerprint density at radius 3 is 2.57 bits per heavy atom. The van der Waals surface area contributed by atoms with E-state index in [9.17, 15) is 9.90 Å². The van der Waals surface area contributed by atoms with Crippen molar-refractivity contribution < 1.29 is 19.4 Å². The van der Waals surface area contributed by atoms with Crippen molar-refractivity contribution in [3.05, 3.63) is 29.8 Å². The number of methoxy groups -OCH3 is 1. The van der Waals surface area contributed by atoms with Gasteiger partial charge in [0.2, 0.25) is 0 Å². The number of nitrogens with one attached hydrogen (secondary N) is 2. The largest absolute Gasteiger partial charge is 0.389 e. The summed E-state index contributed by atoms with van der Waals surface area (Å²) in [5, 5.41) is 14.9. The number of carbonyl (C=O) groups is 1. The highest BCUT2D eigenvalue weighted by atomic mass is 16.5. The Kier molecular flexibility index (Phi) is 8.42. The predicted octanol–water partition coefficient (Wildman–Crippen LogP) is 1.91. The lowest BCUT2D eigenvalue weighted by Crippen LogP contribution is -2.30. The highest BCUT2D eigenvalue weighted by Gasteiger charge is 2.03. The fraction of sp³-hybridized carbons (Fsp3) is 0.533. The number of ether oxygens (including phenoxy) is 2. The second-order valence-corrected chi connectivity index (χ2v) is 4.64. The van der Waals surface area contributed by atoms with Crippen LogP contribution >= 0.6 is 0 Å². The van der Waals surface area contributed by atoms with Crippen LogP contribution in [-0.4, -0.2) is 44.6 Å². The molecule has 0 aliphatic rings. The first-order valence-electron chi connectivity index (χ1n) is 7.03. The lowest BCUT2D eigenvalue weighted by molar-refractivity contribution is 0.0697. The second-order valence-electron chi connectivity index (χ2n) is 4.64. The van der Waals surface area contributed by atoms with E-state index in [0.717, 1.165) is 12.0 Å². The van der Waals surface area contributed by atoms with E-state index in [1.54, 1.807) is 38.3 Å². The van der Waals surface area contributed by atoms with Crippen molar-refractivity contribution in [2.45, 2.75) is 19.4 Å². The quantitative estimate of drug-likeness (QED) is 0.608. The Bertz CT molecular complexity index is 407. The van der Waals surface area contributed by atoms with Gasteiger partial charge in [-0.25, -0.2) is 4.79 Å². The molecule has 0 aliphatic heterocycles. The Balaban J connectivity index is 2.15. The van der Waals surface area contributed by atoms with E-state index in [2.05, 4.69) is 10.6 Å². The van der Waals surface area contributed by atoms with Crippen molar-refractivity contribution in [1.29, 1.82) is 0 Å². The van der Waals surface area contributed by atoms with E-state index in [0.29, 0.717) is 32.1 Å². The molecule has 118 valence electrons. The molecule has 0 saturated heterocycles. The van der Waals surface area contributed by atoms with Crippen LogP contribution < -0.4 is 10.6 Å². The summed E-state index contributed by atoms with van der Waals surface area (Å²) in [6, 6.07) is 6.83. The zero-order chi connectivity index (χ0) is 15.5. The summed E-state index contributed by atoms with van der Waals surface area (Å²) in [6.45, 7) is 3.98. The summed E-state index contributed by atoms with van der Waals surface area (Å²) >= 11 is 0. The van der Waals surface area contributed by atoms with E-state index in [1.165, 1.54) is 0 Å². The van der Waals surface area contributed by atoms with Gasteiger partial charge in [0.25, 0.3) is 0 Å². The summed E-state index contributed by atoms with van der Waals surface area (Å²) in [6.07, 6.45) is 0.240. The number of aliphatic hydroxyl groups excluding tert-OH is 1. The monoisotopic (exact) mass is 296 g/mol. The maximum absolute atomic E-state index is 11.6. The molecule has 3 N–H and O–H groups in total. The average Bonchev–Trinajstić information content (AvgIpc) is 2.47. The summed E-state index contributed by atoms with van der Waals surface area (Å²) in [5.41, 5.74) is 1.50. The van der Waals surface area contributed by atoms with Crippen LogP contribution in [0.25, 0.3) is 0 Å². The Morgan fingerprint density at radius 2 is 1.95 bits per heavy atom. The molecular formula is C15H24N2O4. The molecule has 0 aliphatic carbocycles. The number of carbonyl (C=O) groups excluding carboxylic acids is 1. The molecule has 21 heavy (non-hydrogen) atoms. The Morgan fingerprint density at radius 1 is 1.24 bits per heavy atom. The predicted molar refractivity (Wildman–Crippen MR) is 81.4 cm³/mol. The van der Waals surface area contributed by atoms with Crippen LogP contribution in [0.4, 0.5) is 10.5 Å². The maximum Gasteiger partial charge on any atom is 0.319 e. The molecule has 1 aromatic rings. The highest BCUT2D eigenvalue weighted by Crippen LogP contribution is 2.15. The van der Waals surface area contributed by atoms with Gasteiger partial charge in [-0.15, -0.1) is 0 Å². The zero-order valence-corrected chi connectivity index (χ0v) is 12.6. The van der Waals surface area contributed by atoms with Gasteiger partial charge >= 0.3 is 6.03 Å². The van der Waals surface area contributed by atoms with Crippen molar-refractivity contribution >= 4 is 11.7 Å². The Hall–Kier alpha value is -1.63. The fourth-order valence-corrected chi connectivity index (χ4v) is 1.64. The molecule has 0 aromatic heterocycles. The van der Waals surface area contributed by atoms with E-state index >= 15 is 0 Å². The van der Waals surface area contributed by atoms with Gasteiger partial charge in [0.05, 0.1) is 19.3 Å². The number of anilines is 1. The van der Waals surface area contributed by atoms with E-state index in [4.69, 9.17) is 9.47 Å². The Labute approximate surface area is 125 Å². The van der Waals surface area contributed by atoms with Crippen LogP contribution in [0.2, 0.25) is 0 Å². The SMILES string of the molecule is COCCOCCCNC(=O)Nc1ccc(C(C)O)cc1. The normalized spacial score (nSPS) is 12.0. The molecule has 0 spiro atoms. The number of amides is 2. The van der Waals surface area contributed by atoms with Gasteiger partial charge in [-0.1, -0.05) is 12.1 Å². The van der Waals surface area contributed by atoms with Gasteiger partial charge in [-0.3, -0.25) is 0 Å². The van der Waals surface area contributed by atoms with Crippen LogP contribution in [0.15, 0.2) is 24.3 Å². The first kappa shape index (κ1) is 17.4. The van der Waals surface area contributed by atoms with E-state index in [-0.39, 0.29) is 6.03 Å². The van der Waals surface area contributed by atoms with Crippen LogP contribution in [0.5, 0.6) is 0 Å². The van der Waals surface area contributed by atoms with Gasteiger partial charge in [0.1, 0.15) is 0 Å². The topological polar surface area (TPSA) is 79.8 Å². The molecule has 0 fully saturated rings. The van der Waals surface area contributed by atoms with Crippen LogP contribution in [0, 0.1) is 0 Å². The zero-order valence-electron chi connectivity index (χ0n) is 12.6. The molecule has 0 heterocycles. The minimum atomic E-state index is -0.508. The third kappa shape index (κ3) is 7.65. The van der Waals surface area contributed by atoms with Crippen molar-refractivity contribution in [2.75, 3.05) is 38.8 Å². The van der Waals surface area contributed by atoms with Crippen LogP contribution in [0.1, 0.15) is 25.0 Å². The highest BCUT2D eigenvalue weighted by molar-refractivity contribution is 5.89. The van der Waals surface area contributed by atoms with Crippen molar-refractivity contribution in [3.63, 3.8) is 0 Å². The maximum atomic E-state index is 11.6. The molecule has 1 rings (SSSR count). The smallest absolute Gasteiger partial charge is 0.319 e. The number of benzene rings is 1. The standard InChI is InChI=1S/C15H24N2O4/c1-12(18)13-4-6-14(7-5-13)17-15(19)16-8-3-9-21-11-10-20-2/h4-7,12,18H,3,8-11H2,1-2H3,(H2,16,17,19). The number of hydrogen-bond acceptors (Lipinski definition) is 4. The van der Waals surface area contributed by atoms with Crippen LogP contribution in [0.3, 0.4) is 0 Å². The van der Waals surface area contributed by atoms with Gasteiger partial charge in [-0.2, -0.15) is 0 Å². The number of aliphatic hydroxyl groups is 1. The molecule has 1 unspecified atom stereocenters. The van der Waals surface area contributed by atoms with Gasteiger partial charge in [0.15, 0.2) is 0 Å². The summed E-state index contributed by atoms with van der Waals surface area (Å²) in [5.74, 6) is 0. The summed E-state index contributed by atoms with van der Waals surface area (Å²) in [4.78, 5) is 11.6. The molecule has 2 amide bonds. The van der Waals surface area contributed by atoms with E-state index in [1.807, 2.05) is 0 Å². The molecule has 0 saturated carbocycles. The molecule has 0 bridgehead atoms. The molecule has 6 heteroatoms. The number of rotatable bonds is 9.